The van der Waals surface area contributed by atoms with Crippen LogP contribution in [-0.2, 0) is 4.74 Å². The summed E-state index contributed by atoms with van der Waals surface area (Å²) in [5, 5.41) is 1.89. The Morgan fingerprint density at radius 1 is 0.710 bits per heavy atom. The molecule has 0 radical (unpaired) electrons. The average molecular weight is 410 g/mol. The van der Waals surface area contributed by atoms with Crippen LogP contribution in [0, 0.1) is 6.92 Å². The number of ether oxygens (including phenoxy) is 2. The molecule has 4 nitrogen and oxygen atoms in total. The molecule has 4 aromatic carbocycles. The molecule has 0 saturated heterocycles. The number of hydrogen-bond donors (Lipinski definition) is 0. The molecular formula is C27H22O4. The highest BCUT2D eigenvalue weighted by Crippen LogP contribution is 2.23. The van der Waals surface area contributed by atoms with Gasteiger partial charge in [-0.1, -0.05) is 60.2 Å². The lowest BCUT2D eigenvalue weighted by atomic mass is 10.0. The van der Waals surface area contributed by atoms with Crippen LogP contribution in [-0.4, -0.2) is 25.5 Å². The summed E-state index contributed by atoms with van der Waals surface area (Å²) in [6.07, 6.45) is 0. The van der Waals surface area contributed by atoms with Crippen molar-refractivity contribution < 1.29 is 19.1 Å². The highest BCUT2D eigenvalue weighted by Gasteiger charge is 2.13. The molecule has 0 aliphatic heterocycles. The van der Waals surface area contributed by atoms with Gasteiger partial charge in [-0.2, -0.15) is 0 Å². The van der Waals surface area contributed by atoms with Crippen molar-refractivity contribution in [3.63, 3.8) is 0 Å². The van der Waals surface area contributed by atoms with Gasteiger partial charge >= 0.3 is 5.97 Å². The topological polar surface area (TPSA) is 52.6 Å². The summed E-state index contributed by atoms with van der Waals surface area (Å²) in [5.41, 5.74) is 4.20. The lowest BCUT2D eigenvalue weighted by molar-refractivity contribution is 0.0475. The van der Waals surface area contributed by atoms with Crippen molar-refractivity contribution in [1.82, 2.24) is 0 Å². The number of benzene rings is 4. The molecule has 4 aromatic rings. The van der Waals surface area contributed by atoms with Crippen LogP contribution in [0.5, 0.6) is 5.75 Å². The predicted octanol–water partition coefficient (Wildman–Crippen LogP) is 5.86. The quantitative estimate of drug-likeness (QED) is 0.295. The minimum atomic E-state index is -0.519. The first-order valence-corrected chi connectivity index (χ1v) is 9.99. The Kier molecular flexibility index (Phi) is 5.80. The van der Waals surface area contributed by atoms with Crippen LogP contribution in [0.1, 0.15) is 26.3 Å². The molecule has 0 N–H and O–H groups in total. The van der Waals surface area contributed by atoms with Crippen LogP contribution in [0.25, 0.3) is 21.9 Å². The monoisotopic (exact) mass is 410 g/mol. The number of rotatable bonds is 6. The zero-order valence-corrected chi connectivity index (χ0v) is 17.4. The van der Waals surface area contributed by atoms with E-state index >= 15 is 0 Å². The fraction of sp³-hybridized carbons (Fsp3) is 0.111. The van der Waals surface area contributed by atoms with Gasteiger partial charge in [0.15, 0.2) is 12.4 Å². The molecule has 31 heavy (non-hydrogen) atoms. The van der Waals surface area contributed by atoms with Crippen LogP contribution < -0.4 is 4.74 Å². The molecule has 0 fully saturated rings. The van der Waals surface area contributed by atoms with Gasteiger partial charge in [0, 0.05) is 5.56 Å². The molecule has 0 heterocycles. The van der Waals surface area contributed by atoms with E-state index in [2.05, 4.69) is 0 Å². The third kappa shape index (κ3) is 4.64. The minimum Gasteiger partial charge on any atom is -0.497 e. The summed E-state index contributed by atoms with van der Waals surface area (Å²) < 4.78 is 10.5. The average Bonchev–Trinajstić information content (AvgIpc) is 2.82. The number of Topliss-reactive ketones (excluding diaryl/α,β-unsaturated/α-hetero) is 1. The predicted molar refractivity (Wildman–Crippen MR) is 122 cm³/mol. The maximum Gasteiger partial charge on any atom is 0.338 e. The van der Waals surface area contributed by atoms with Crippen molar-refractivity contribution in [2.75, 3.05) is 13.7 Å². The number of ketones is 1. The van der Waals surface area contributed by atoms with Crippen molar-refractivity contribution in [3.8, 4) is 16.9 Å². The summed E-state index contributed by atoms with van der Waals surface area (Å²) >= 11 is 0. The summed E-state index contributed by atoms with van der Waals surface area (Å²) in [7, 11) is 1.61. The Labute approximate surface area is 181 Å². The normalized spacial score (nSPS) is 10.6. The van der Waals surface area contributed by atoms with Gasteiger partial charge in [0.05, 0.1) is 12.7 Å². The largest absolute Gasteiger partial charge is 0.497 e. The van der Waals surface area contributed by atoms with Crippen LogP contribution in [0.2, 0.25) is 0 Å². The first kappa shape index (κ1) is 20.4. The Morgan fingerprint density at radius 3 is 1.97 bits per heavy atom. The van der Waals surface area contributed by atoms with E-state index in [0.29, 0.717) is 11.1 Å². The number of carbonyl (C=O) groups excluding carboxylic acids is 2. The van der Waals surface area contributed by atoms with E-state index in [-0.39, 0.29) is 12.4 Å². The number of carbonyl (C=O) groups is 2. The van der Waals surface area contributed by atoms with Crippen LogP contribution >= 0.6 is 0 Å². The Morgan fingerprint density at radius 2 is 1.29 bits per heavy atom. The zero-order valence-electron chi connectivity index (χ0n) is 17.4. The SMILES string of the molecule is COc1ccc2cc(C(=O)COC(=O)c3ccc(-c4ccc(C)cc4)cc3)ccc2c1. The van der Waals surface area contributed by atoms with Crippen molar-refractivity contribution >= 4 is 22.5 Å². The fourth-order valence-electron chi connectivity index (χ4n) is 3.37. The summed E-state index contributed by atoms with van der Waals surface area (Å²) in [5.74, 6) is -0.00872. The zero-order chi connectivity index (χ0) is 21.8. The second-order valence-corrected chi connectivity index (χ2v) is 7.37. The highest BCUT2D eigenvalue weighted by molar-refractivity contribution is 6.02. The first-order chi connectivity index (χ1) is 15.0. The van der Waals surface area contributed by atoms with Crippen molar-refractivity contribution in [2.24, 2.45) is 0 Å². The molecule has 0 aliphatic carbocycles. The fourth-order valence-corrected chi connectivity index (χ4v) is 3.37. The third-order valence-corrected chi connectivity index (χ3v) is 5.21. The molecule has 4 rings (SSSR count). The second-order valence-electron chi connectivity index (χ2n) is 7.37. The highest BCUT2D eigenvalue weighted by atomic mass is 16.5. The molecule has 0 bridgehead atoms. The molecular weight excluding hydrogens is 388 g/mol. The van der Waals surface area contributed by atoms with Gasteiger partial charge in [-0.05, 0) is 59.2 Å². The minimum absolute atomic E-state index is 0.248. The van der Waals surface area contributed by atoms with Crippen molar-refractivity contribution in [1.29, 1.82) is 0 Å². The molecule has 0 spiro atoms. The van der Waals surface area contributed by atoms with Crippen molar-refractivity contribution in [2.45, 2.75) is 6.92 Å². The van der Waals surface area contributed by atoms with E-state index in [1.165, 1.54) is 5.56 Å². The Hall–Kier alpha value is -3.92. The van der Waals surface area contributed by atoms with E-state index in [9.17, 15) is 9.59 Å². The number of aryl methyl sites for hydroxylation is 1. The van der Waals surface area contributed by atoms with E-state index in [0.717, 1.165) is 27.6 Å². The molecule has 0 unspecified atom stereocenters. The van der Waals surface area contributed by atoms with Gasteiger partial charge in [0.1, 0.15) is 5.75 Å². The van der Waals surface area contributed by atoms with Gasteiger partial charge < -0.3 is 9.47 Å². The second kappa shape index (κ2) is 8.84. The number of fused-ring (bicyclic) bond motifs is 1. The summed E-state index contributed by atoms with van der Waals surface area (Å²) in [4.78, 5) is 24.9. The molecule has 0 atom stereocenters. The van der Waals surface area contributed by atoms with Gasteiger partial charge in [-0.25, -0.2) is 4.79 Å². The molecule has 4 heteroatoms. The lowest BCUT2D eigenvalue weighted by Gasteiger charge is -2.07. The van der Waals surface area contributed by atoms with E-state index < -0.39 is 5.97 Å². The maximum atomic E-state index is 12.5. The maximum absolute atomic E-state index is 12.5. The van der Waals surface area contributed by atoms with E-state index in [4.69, 9.17) is 9.47 Å². The third-order valence-electron chi connectivity index (χ3n) is 5.21. The van der Waals surface area contributed by atoms with Gasteiger partial charge in [-0.15, -0.1) is 0 Å². The Bertz CT molecular complexity index is 1240. The summed E-state index contributed by atoms with van der Waals surface area (Å²) in [6.45, 7) is 1.74. The van der Waals surface area contributed by atoms with Gasteiger partial charge in [-0.3, -0.25) is 4.79 Å². The van der Waals surface area contributed by atoms with E-state index in [1.807, 2.05) is 67.6 Å². The number of esters is 1. The van der Waals surface area contributed by atoms with Gasteiger partial charge in [0.25, 0.3) is 0 Å². The van der Waals surface area contributed by atoms with Crippen LogP contribution in [0.15, 0.2) is 84.9 Å². The summed E-state index contributed by atoms with van der Waals surface area (Å²) in [6, 6.07) is 26.4. The number of methoxy groups -OCH3 is 1. The molecule has 0 aliphatic rings. The van der Waals surface area contributed by atoms with Crippen LogP contribution in [0.3, 0.4) is 0 Å². The van der Waals surface area contributed by atoms with E-state index in [1.54, 1.807) is 31.4 Å². The molecule has 0 amide bonds. The standard InChI is InChI=1S/C27H22O4/c1-18-3-5-19(6-4-18)20-7-9-21(10-8-20)27(29)31-17-26(28)24-12-11-23-16-25(30-2)14-13-22(23)15-24/h3-16H,17H2,1-2H3. The molecule has 0 saturated carbocycles. The Balaban J connectivity index is 1.40. The first-order valence-electron chi connectivity index (χ1n) is 9.99. The van der Waals surface area contributed by atoms with Crippen molar-refractivity contribution in [3.05, 3.63) is 102 Å². The molecule has 0 aromatic heterocycles. The number of hydrogen-bond acceptors (Lipinski definition) is 4. The molecule has 154 valence electrons. The lowest BCUT2D eigenvalue weighted by Crippen LogP contribution is -2.14. The van der Waals surface area contributed by atoms with Gasteiger partial charge in [0.2, 0.25) is 0 Å². The smallest absolute Gasteiger partial charge is 0.338 e. The van der Waals surface area contributed by atoms with Crippen LogP contribution in [0.4, 0.5) is 0 Å².